The van der Waals surface area contributed by atoms with Gasteiger partial charge in [-0.15, -0.1) is 12.4 Å². The van der Waals surface area contributed by atoms with Crippen molar-refractivity contribution in [2.24, 2.45) is 0 Å². The zero-order chi connectivity index (χ0) is 0. The number of rotatable bonds is 0. The van der Waals surface area contributed by atoms with E-state index in [1.165, 1.54) is 0 Å². The molecular formula is H25ClFeO12. The maximum atomic E-state index is 0. The van der Waals surface area contributed by atoms with Gasteiger partial charge in [-0.1, -0.05) is 0 Å². The van der Waals surface area contributed by atoms with Gasteiger partial charge in [-0.25, -0.2) is 0 Å². The standard InChI is InChI=1S/ClH.Fe.12H2O/h1H;;12*1H2. The minimum atomic E-state index is 0. The number of hydrogen-bond acceptors (Lipinski definition) is 0. The summed E-state index contributed by atoms with van der Waals surface area (Å²) >= 11 is 0. The Labute approximate surface area is 95.9 Å². The Morgan fingerprint density at radius 1 is 0.214 bits per heavy atom. The minimum absolute atomic E-state index is 0. The van der Waals surface area contributed by atoms with Crippen LogP contribution in [0.4, 0.5) is 0 Å². The monoisotopic (exact) mass is 308 g/mol. The van der Waals surface area contributed by atoms with Crippen molar-refractivity contribution in [3.05, 3.63) is 0 Å². The molecule has 0 saturated heterocycles. The van der Waals surface area contributed by atoms with E-state index in [1.807, 2.05) is 0 Å². The van der Waals surface area contributed by atoms with E-state index in [2.05, 4.69) is 0 Å². The van der Waals surface area contributed by atoms with E-state index in [9.17, 15) is 0 Å². The number of halogens is 1. The quantitative estimate of drug-likeness (QED) is 0.375. The predicted octanol–water partition coefficient (Wildman–Crippen LogP) is -9.48. The first kappa shape index (κ1) is 23500. The molecule has 0 aromatic heterocycles. The Morgan fingerprint density at radius 3 is 0.214 bits per heavy atom. The van der Waals surface area contributed by atoms with Crippen LogP contribution >= 0.6 is 12.4 Å². The molecule has 0 radical (unpaired) electrons. The van der Waals surface area contributed by atoms with Gasteiger partial charge < -0.3 is 65.7 Å². The Bertz CT molecular complexity index is 10.3. The third-order valence-electron chi connectivity index (χ3n) is 0. The van der Waals surface area contributed by atoms with Crippen molar-refractivity contribution in [3.63, 3.8) is 0 Å². The van der Waals surface area contributed by atoms with Crippen LogP contribution in [-0.2, 0) is 17.1 Å². The summed E-state index contributed by atoms with van der Waals surface area (Å²) in [5.41, 5.74) is 0. The van der Waals surface area contributed by atoms with Crippen LogP contribution < -0.4 is 0 Å². The van der Waals surface area contributed by atoms with E-state index >= 15 is 0 Å². The molecule has 0 aromatic rings. The van der Waals surface area contributed by atoms with Crippen LogP contribution in [0, 0.1) is 0 Å². The summed E-state index contributed by atoms with van der Waals surface area (Å²) in [6.45, 7) is 0. The average Bonchev–Trinajstić information content (AvgIpc) is 0. The molecular weight excluding hydrogens is 283 g/mol. The summed E-state index contributed by atoms with van der Waals surface area (Å²) in [5, 5.41) is 0. The van der Waals surface area contributed by atoms with E-state index in [4.69, 9.17) is 0 Å². The number of hydrogen-bond donors (Lipinski definition) is 0. The Kier molecular flexibility index (Phi) is 31300000. The second-order valence-corrected chi connectivity index (χ2v) is 0. The third-order valence-corrected chi connectivity index (χ3v) is 0. The summed E-state index contributed by atoms with van der Waals surface area (Å²) in [5.74, 6) is 0. The Balaban J connectivity index is 0. The largest absolute Gasteiger partial charge is 0.412 e. The first-order valence-electron chi connectivity index (χ1n) is 0. The van der Waals surface area contributed by atoms with Crippen molar-refractivity contribution >= 4 is 12.4 Å². The smallest absolute Gasteiger partial charge is 0 e. The minimum Gasteiger partial charge on any atom is -0.412 e. The summed E-state index contributed by atoms with van der Waals surface area (Å²) < 4.78 is 0. The van der Waals surface area contributed by atoms with Crippen molar-refractivity contribution < 1.29 is 82.8 Å². The van der Waals surface area contributed by atoms with Crippen molar-refractivity contribution in [1.82, 2.24) is 0 Å². The maximum Gasteiger partial charge on any atom is 0 e. The third kappa shape index (κ3) is 14600. The second-order valence-electron chi connectivity index (χ2n) is 0. The molecule has 0 aromatic carbocycles. The van der Waals surface area contributed by atoms with E-state index in [0.717, 1.165) is 0 Å². The van der Waals surface area contributed by atoms with Crippen molar-refractivity contribution in [2.45, 2.75) is 0 Å². The predicted molar refractivity (Wildman–Crippen MR) is 50.6 cm³/mol. The Hall–Kier alpha value is 0.329. The van der Waals surface area contributed by atoms with Crippen molar-refractivity contribution in [3.8, 4) is 0 Å². The van der Waals surface area contributed by atoms with Crippen LogP contribution in [0.15, 0.2) is 0 Å². The van der Waals surface area contributed by atoms with Crippen LogP contribution in [0.2, 0.25) is 0 Å². The van der Waals surface area contributed by atoms with Gasteiger partial charge in [0.1, 0.15) is 0 Å². The van der Waals surface area contributed by atoms with Crippen LogP contribution in [-0.4, -0.2) is 65.7 Å². The molecule has 14 heteroatoms. The molecule has 0 aliphatic heterocycles. The average molecular weight is 308 g/mol. The maximum absolute atomic E-state index is 0. The molecule has 24 N–H and O–H groups in total. The van der Waals surface area contributed by atoms with Crippen LogP contribution in [0.1, 0.15) is 0 Å². The van der Waals surface area contributed by atoms with E-state index in [-0.39, 0.29) is 95.2 Å². The molecule has 0 bridgehead atoms. The summed E-state index contributed by atoms with van der Waals surface area (Å²) in [6, 6.07) is 0. The fraction of sp³-hybridized carbons (Fsp3) is 0. The zero-order valence-electron chi connectivity index (χ0n) is 6.76. The van der Waals surface area contributed by atoms with E-state index < -0.39 is 0 Å². The van der Waals surface area contributed by atoms with Gasteiger partial charge >= 0.3 is 0 Å². The van der Waals surface area contributed by atoms with Gasteiger partial charge in [-0.05, 0) is 0 Å². The second kappa shape index (κ2) is 18700. The molecule has 0 fully saturated rings. The van der Waals surface area contributed by atoms with E-state index in [0.29, 0.717) is 0 Å². The van der Waals surface area contributed by atoms with Gasteiger partial charge in [0.05, 0.1) is 0 Å². The molecule has 0 aliphatic carbocycles. The molecule has 0 aliphatic rings. The Morgan fingerprint density at radius 2 is 0.214 bits per heavy atom. The molecule has 12 nitrogen and oxygen atoms in total. The van der Waals surface area contributed by atoms with E-state index in [1.54, 1.807) is 0 Å². The molecule has 0 spiro atoms. The summed E-state index contributed by atoms with van der Waals surface area (Å²) in [7, 11) is 0. The van der Waals surface area contributed by atoms with Crippen LogP contribution in [0.25, 0.3) is 0 Å². The SMILES string of the molecule is Cl.O.O.O.O.O.O.O.O.O.O.O.O.[Fe]. The molecule has 0 heterocycles. The molecule has 0 amide bonds. The van der Waals surface area contributed by atoms with Crippen molar-refractivity contribution in [2.75, 3.05) is 0 Å². The summed E-state index contributed by atoms with van der Waals surface area (Å²) in [4.78, 5) is 0. The molecule has 14 heavy (non-hydrogen) atoms. The van der Waals surface area contributed by atoms with Crippen LogP contribution in [0.3, 0.4) is 0 Å². The first-order valence-corrected chi connectivity index (χ1v) is 0. The van der Waals surface area contributed by atoms with Gasteiger partial charge in [-0.3, -0.25) is 0 Å². The molecule has 0 saturated carbocycles. The van der Waals surface area contributed by atoms with Crippen LogP contribution in [0.5, 0.6) is 0 Å². The first-order chi connectivity index (χ1) is 0. The van der Waals surface area contributed by atoms with Gasteiger partial charge in [0.25, 0.3) is 0 Å². The fourth-order valence-corrected chi connectivity index (χ4v) is 0. The molecule has 112 valence electrons. The molecule has 0 atom stereocenters. The van der Waals surface area contributed by atoms with Gasteiger partial charge in [0.2, 0.25) is 0 Å². The van der Waals surface area contributed by atoms with Gasteiger partial charge in [0.15, 0.2) is 0 Å². The summed E-state index contributed by atoms with van der Waals surface area (Å²) in [6.07, 6.45) is 0. The molecule has 0 unspecified atom stereocenters. The fourth-order valence-electron chi connectivity index (χ4n) is 0. The normalized spacial score (nSPS) is 0. The zero-order valence-corrected chi connectivity index (χ0v) is 8.68. The molecule has 0 rings (SSSR count). The topological polar surface area (TPSA) is 378 Å². The van der Waals surface area contributed by atoms with Crippen molar-refractivity contribution in [1.29, 1.82) is 0 Å². The van der Waals surface area contributed by atoms with Gasteiger partial charge in [0, 0.05) is 17.1 Å². The van der Waals surface area contributed by atoms with Gasteiger partial charge in [-0.2, -0.15) is 0 Å².